The van der Waals surface area contributed by atoms with E-state index in [1.807, 2.05) is 35.2 Å². The summed E-state index contributed by atoms with van der Waals surface area (Å²) < 4.78 is 0. The van der Waals surface area contributed by atoms with E-state index in [0.717, 1.165) is 18.7 Å². The summed E-state index contributed by atoms with van der Waals surface area (Å²) in [6, 6.07) is 9.57. The number of nitrogens with two attached hydrogens (primary N) is 1. The molecule has 3 nitrogen and oxygen atoms in total. The number of nitrogens with zero attached hydrogens (tertiary/aromatic N) is 1. The highest BCUT2D eigenvalue weighted by Crippen LogP contribution is 2.21. The number of piperidine rings is 1. The summed E-state index contributed by atoms with van der Waals surface area (Å²) in [6.07, 6.45) is 1.83. The molecule has 1 aliphatic rings. The number of likely N-dealkylation sites (tertiary alicyclic amines) is 1. The molecule has 0 saturated carbocycles. The van der Waals surface area contributed by atoms with Gasteiger partial charge in [0.1, 0.15) is 0 Å². The van der Waals surface area contributed by atoms with Crippen molar-refractivity contribution in [3.05, 3.63) is 35.9 Å². The van der Waals surface area contributed by atoms with E-state index < -0.39 is 6.04 Å². The molecule has 3 atom stereocenters. The minimum absolute atomic E-state index is 0. The number of benzene rings is 1. The first-order valence-corrected chi connectivity index (χ1v) is 7.14. The summed E-state index contributed by atoms with van der Waals surface area (Å²) in [5, 5.41) is 0. The summed E-state index contributed by atoms with van der Waals surface area (Å²) in [5.74, 6) is 1.26. The van der Waals surface area contributed by atoms with Crippen LogP contribution in [0.3, 0.4) is 0 Å². The zero-order valence-corrected chi connectivity index (χ0v) is 13.1. The molecule has 1 saturated heterocycles. The summed E-state index contributed by atoms with van der Waals surface area (Å²) in [4.78, 5) is 14.3. The Balaban J connectivity index is 0.00000200. The van der Waals surface area contributed by atoms with Crippen LogP contribution in [0.5, 0.6) is 0 Å². The molecular weight excluding hydrogens is 272 g/mol. The standard InChI is InChI=1S/C16H24N2O.ClH/c1-12-8-13(2)11-18(10-12)16(19)15(17)9-14-6-4-3-5-7-14;/h3-7,12-13,15H,8-11,17H2,1-2H3;1H. The van der Waals surface area contributed by atoms with Gasteiger partial charge >= 0.3 is 0 Å². The van der Waals surface area contributed by atoms with Crippen molar-refractivity contribution in [3.63, 3.8) is 0 Å². The lowest BCUT2D eigenvalue weighted by Gasteiger charge is -2.36. The molecule has 1 aromatic carbocycles. The maximum Gasteiger partial charge on any atom is 0.239 e. The minimum atomic E-state index is -0.417. The first-order chi connectivity index (χ1) is 9.06. The topological polar surface area (TPSA) is 46.3 Å². The largest absolute Gasteiger partial charge is 0.341 e. The minimum Gasteiger partial charge on any atom is -0.341 e. The van der Waals surface area contributed by atoms with Crippen LogP contribution in [0, 0.1) is 11.8 Å². The molecule has 0 radical (unpaired) electrons. The molecule has 0 spiro atoms. The van der Waals surface area contributed by atoms with Crippen molar-refractivity contribution < 1.29 is 4.79 Å². The van der Waals surface area contributed by atoms with Gasteiger partial charge in [-0.15, -0.1) is 12.4 Å². The normalized spacial score (nSPS) is 23.9. The smallest absolute Gasteiger partial charge is 0.239 e. The molecule has 1 heterocycles. The van der Waals surface area contributed by atoms with Crippen LogP contribution in [0.15, 0.2) is 30.3 Å². The molecule has 1 aromatic rings. The molecule has 0 aliphatic carbocycles. The highest BCUT2D eigenvalue weighted by atomic mass is 35.5. The Bertz CT molecular complexity index is 414. The van der Waals surface area contributed by atoms with E-state index in [1.165, 1.54) is 6.42 Å². The van der Waals surface area contributed by atoms with Crippen LogP contribution in [-0.2, 0) is 11.2 Å². The molecule has 20 heavy (non-hydrogen) atoms. The summed E-state index contributed by atoms with van der Waals surface area (Å²) in [7, 11) is 0. The predicted molar refractivity (Wildman–Crippen MR) is 84.9 cm³/mol. The van der Waals surface area contributed by atoms with Gasteiger partial charge in [0.25, 0.3) is 0 Å². The number of carbonyl (C=O) groups is 1. The fourth-order valence-corrected chi connectivity index (χ4v) is 3.03. The van der Waals surface area contributed by atoms with E-state index in [4.69, 9.17) is 5.73 Å². The van der Waals surface area contributed by atoms with Crippen LogP contribution in [-0.4, -0.2) is 29.9 Å². The van der Waals surface area contributed by atoms with E-state index >= 15 is 0 Å². The van der Waals surface area contributed by atoms with Crippen molar-refractivity contribution in [1.29, 1.82) is 0 Å². The van der Waals surface area contributed by atoms with Gasteiger partial charge in [-0.1, -0.05) is 44.2 Å². The Morgan fingerprint density at radius 1 is 1.25 bits per heavy atom. The average molecular weight is 297 g/mol. The lowest BCUT2D eigenvalue weighted by atomic mass is 9.91. The van der Waals surface area contributed by atoms with Crippen molar-refractivity contribution >= 4 is 18.3 Å². The number of amides is 1. The quantitative estimate of drug-likeness (QED) is 0.931. The van der Waals surface area contributed by atoms with Crippen LogP contribution < -0.4 is 5.73 Å². The van der Waals surface area contributed by atoms with Gasteiger partial charge in [-0.05, 0) is 30.2 Å². The summed E-state index contributed by atoms with van der Waals surface area (Å²) in [5.41, 5.74) is 7.21. The fraction of sp³-hybridized carbons (Fsp3) is 0.562. The molecule has 2 rings (SSSR count). The van der Waals surface area contributed by atoms with Crippen molar-refractivity contribution in [2.24, 2.45) is 17.6 Å². The average Bonchev–Trinajstić information content (AvgIpc) is 2.37. The van der Waals surface area contributed by atoms with Crippen LogP contribution in [0.4, 0.5) is 0 Å². The van der Waals surface area contributed by atoms with Crippen molar-refractivity contribution in [2.75, 3.05) is 13.1 Å². The van der Waals surface area contributed by atoms with E-state index in [2.05, 4.69) is 13.8 Å². The Hall–Kier alpha value is -1.06. The van der Waals surface area contributed by atoms with Crippen LogP contribution in [0.25, 0.3) is 0 Å². The van der Waals surface area contributed by atoms with Gasteiger partial charge in [0.15, 0.2) is 0 Å². The number of rotatable bonds is 3. The maximum atomic E-state index is 12.4. The summed E-state index contributed by atoms with van der Waals surface area (Å²) in [6.45, 7) is 6.12. The predicted octanol–water partition coefficient (Wildman–Crippen LogP) is 2.48. The monoisotopic (exact) mass is 296 g/mol. The second kappa shape index (κ2) is 7.65. The molecular formula is C16H25ClN2O. The highest BCUT2D eigenvalue weighted by molar-refractivity contribution is 5.85. The second-order valence-electron chi connectivity index (χ2n) is 5.99. The van der Waals surface area contributed by atoms with Gasteiger partial charge in [-0.2, -0.15) is 0 Å². The number of carbonyl (C=O) groups excluding carboxylic acids is 1. The van der Waals surface area contributed by atoms with Crippen LogP contribution in [0.1, 0.15) is 25.8 Å². The molecule has 2 N–H and O–H groups in total. The summed E-state index contributed by atoms with van der Waals surface area (Å²) >= 11 is 0. The molecule has 1 amide bonds. The van der Waals surface area contributed by atoms with Crippen molar-refractivity contribution in [1.82, 2.24) is 4.90 Å². The van der Waals surface area contributed by atoms with Gasteiger partial charge in [-0.3, -0.25) is 4.79 Å². The molecule has 4 heteroatoms. The number of hydrogen-bond donors (Lipinski definition) is 1. The Labute approximate surface area is 127 Å². The number of hydrogen-bond acceptors (Lipinski definition) is 2. The van der Waals surface area contributed by atoms with E-state index in [9.17, 15) is 4.79 Å². The lowest BCUT2D eigenvalue weighted by molar-refractivity contribution is -0.135. The first-order valence-electron chi connectivity index (χ1n) is 7.14. The zero-order valence-electron chi connectivity index (χ0n) is 12.3. The number of halogens is 1. The third kappa shape index (κ3) is 4.50. The zero-order chi connectivity index (χ0) is 13.8. The molecule has 0 aromatic heterocycles. The fourth-order valence-electron chi connectivity index (χ4n) is 3.03. The molecule has 112 valence electrons. The second-order valence-corrected chi connectivity index (χ2v) is 5.99. The SMILES string of the molecule is CC1CC(C)CN(C(=O)C(N)Cc2ccccc2)C1.Cl. The van der Waals surface area contributed by atoms with E-state index in [0.29, 0.717) is 18.3 Å². The third-order valence-corrected chi connectivity index (χ3v) is 3.80. The first kappa shape index (κ1) is 17.0. The Kier molecular flexibility index (Phi) is 6.50. The third-order valence-electron chi connectivity index (χ3n) is 3.80. The highest BCUT2D eigenvalue weighted by Gasteiger charge is 2.28. The Morgan fingerprint density at radius 2 is 1.80 bits per heavy atom. The van der Waals surface area contributed by atoms with Crippen LogP contribution in [0.2, 0.25) is 0 Å². The van der Waals surface area contributed by atoms with Gasteiger partial charge < -0.3 is 10.6 Å². The maximum absolute atomic E-state index is 12.4. The van der Waals surface area contributed by atoms with Gasteiger partial charge in [0.2, 0.25) is 5.91 Å². The molecule has 1 fully saturated rings. The van der Waals surface area contributed by atoms with Gasteiger partial charge in [0.05, 0.1) is 6.04 Å². The lowest BCUT2D eigenvalue weighted by Crippen LogP contribution is -2.50. The van der Waals surface area contributed by atoms with Crippen molar-refractivity contribution in [2.45, 2.75) is 32.7 Å². The van der Waals surface area contributed by atoms with Gasteiger partial charge in [0, 0.05) is 13.1 Å². The molecule has 1 aliphatic heterocycles. The van der Waals surface area contributed by atoms with E-state index in [1.54, 1.807) is 0 Å². The van der Waals surface area contributed by atoms with Crippen LogP contribution >= 0.6 is 12.4 Å². The van der Waals surface area contributed by atoms with Crippen molar-refractivity contribution in [3.8, 4) is 0 Å². The molecule has 3 unspecified atom stereocenters. The Morgan fingerprint density at radius 3 is 2.35 bits per heavy atom. The van der Waals surface area contributed by atoms with E-state index in [-0.39, 0.29) is 18.3 Å². The molecule has 0 bridgehead atoms. The van der Waals surface area contributed by atoms with Gasteiger partial charge in [-0.25, -0.2) is 0 Å².